The lowest BCUT2D eigenvalue weighted by molar-refractivity contribution is 0.398. The Kier molecular flexibility index (Phi) is 3.60. The molecule has 0 aliphatic heterocycles. The molecule has 0 atom stereocenters. The molecule has 6 heteroatoms. The number of imidazole rings is 1. The Bertz CT molecular complexity index is 1110. The minimum Gasteiger partial charge on any atom is -0.481 e. The molecule has 4 heterocycles. The number of nitriles is 1. The maximum absolute atomic E-state index is 9.23. The van der Waals surface area contributed by atoms with Gasteiger partial charge in [0.15, 0.2) is 0 Å². The zero-order valence-corrected chi connectivity index (χ0v) is 13.4. The second-order valence-corrected chi connectivity index (χ2v) is 5.37. The summed E-state index contributed by atoms with van der Waals surface area (Å²) in [7, 11) is 1.59. The normalized spacial score (nSPS) is 10.6. The van der Waals surface area contributed by atoms with Gasteiger partial charge in [0.1, 0.15) is 17.4 Å². The van der Waals surface area contributed by atoms with Crippen LogP contribution in [0.5, 0.6) is 5.88 Å². The molecule has 0 bridgehead atoms. The molecular formula is C19H13N5O. The summed E-state index contributed by atoms with van der Waals surface area (Å²) < 4.78 is 6.98. The molecule has 0 saturated heterocycles. The molecule has 120 valence electrons. The number of fused-ring (bicyclic) bond motifs is 1. The quantitative estimate of drug-likeness (QED) is 0.577. The van der Waals surface area contributed by atoms with Gasteiger partial charge in [-0.1, -0.05) is 12.1 Å². The number of pyridine rings is 3. The molecule has 4 rings (SSSR count). The monoisotopic (exact) mass is 327 g/mol. The molecule has 0 fully saturated rings. The van der Waals surface area contributed by atoms with Crippen molar-refractivity contribution >= 4 is 5.65 Å². The smallest absolute Gasteiger partial charge is 0.213 e. The highest BCUT2D eigenvalue weighted by Crippen LogP contribution is 2.30. The summed E-state index contributed by atoms with van der Waals surface area (Å²) in [4.78, 5) is 13.2. The van der Waals surface area contributed by atoms with Gasteiger partial charge in [0, 0.05) is 29.6 Å². The molecule has 25 heavy (non-hydrogen) atoms. The van der Waals surface area contributed by atoms with Gasteiger partial charge < -0.3 is 4.74 Å². The van der Waals surface area contributed by atoms with Gasteiger partial charge in [0.05, 0.1) is 24.7 Å². The summed E-state index contributed by atoms with van der Waals surface area (Å²) in [5.41, 5.74) is 4.53. The van der Waals surface area contributed by atoms with E-state index in [1.54, 1.807) is 30.0 Å². The third kappa shape index (κ3) is 2.58. The number of methoxy groups -OCH3 is 1. The van der Waals surface area contributed by atoms with E-state index < -0.39 is 0 Å². The number of nitrogens with zero attached hydrogens (tertiary/aromatic N) is 5. The van der Waals surface area contributed by atoms with E-state index in [4.69, 9.17) is 4.74 Å². The van der Waals surface area contributed by atoms with Crippen molar-refractivity contribution in [1.82, 2.24) is 19.4 Å². The standard InChI is InChI=1S/C19H13N5O/c1-25-18-6-2-5-16(23-18)19-15(4-3-9-21-19)13-7-8-17-22-11-14(10-20)24(17)12-13/h2-9,11-12H,1H3. The van der Waals surface area contributed by atoms with Crippen LogP contribution in [0.25, 0.3) is 28.2 Å². The minimum absolute atomic E-state index is 0.488. The van der Waals surface area contributed by atoms with E-state index in [2.05, 4.69) is 21.0 Å². The van der Waals surface area contributed by atoms with Crippen LogP contribution in [-0.2, 0) is 0 Å². The largest absolute Gasteiger partial charge is 0.481 e. The predicted molar refractivity (Wildman–Crippen MR) is 92.9 cm³/mol. The molecule has 0 N–H and O–H groups in total. The molecule has 4 aromatic heterocycles. The van der Waals surface area contributed by atoms with E-state index in [1.807, 2.05) is 42.6 Å². The average molecular weight is 327 g/mol. The first-order valence-corrected chi connectivity index (χ1v) is 7.64. The van der Waals surface area contributed by atoms with Crippen molar-refractivity contribution in [3.63, 3.8) is 0 Å². The first kappa shape index (κ1) is 14.8. The van der Waals surface area contributed by atoms with Crippen molar-refractivity contribution < 1.29 is 4.74 Å². The van der Waals surface area contributed by atoms with Crippen molar-refractivity contribution in [2.24, 2.45) is 0 Å². The zero-order valence-electron chi connectivity index (χ0n) is 13.4. The number of ether oxygens (including phenoxy) is 1. The van der Waals surface area contributed by atoms with E-state index in [1.165, 1.54) is 0 Å². The van der Waals surface area contributed by atoms with Crippen LogP contribution in [0, 0.1) is 11.3 Å². The fourth-order valence-corrected chi connectivity index (χ4v) is 2.73. The summed E-state index contributed by atoms with van der Waals surface area (Å²) in [5, 5.41) is 9.23. The van der Waals surface area contributed by atoms with E-state index >= 15 is 0 Å². The summed E-state index contributed by atoms with van der Waals surface area (Å²) in [6, 6.07) is 15.4. The van der Waals surface area contributed by atoms with Crippen LogP contribution in [0.3, 0.4) is 0 Å². The third-order valence-electron chi connectivity index (χ3n) is 3.91. The lowest BCUT2D eigenvalue weighted by atomic mass is 10.0. The van der Waals surface area contributed by atoms with E-state index in [9.17, 15) is 5.26 Å². The second kappa shape index (κ2) is 6.06. The molecular weight excluding hydrogens is 314 g/mol. The van der Waals surface area contributed by atoms with Crippen LogP contribution in [0.1, 0.15) is 5.69 Å². The van der Waals surface area contributed by atoms with Gasteiger partial charge >= 0.3 is 0 Å². The Hall–Kier alpha value is -3.72. The van der Waals surface area contributed by atoms with E-state index in [-0.39, 0.29) is 0 Å². The highest BCUT2D eigenvalue weighted by molar-refractivity contribution is 5.79. The summed E-state index contributed by atoms with van der Waals surface area (Å²) in [6.45, 7) is 0. The maximum atomic E-state index is 9.23. The summed E-state index contributed by atoms with van der Waals surface area (Å²) in [6.07, 6.45) is 5.19. The third-order valence-corrected chi connectivity index (χ3v) is 3.91. The van der Waals surface area contributed by atoms with E-state index in [0.29, 0.717) is 11.6 Å². The van der Waals surface area contributed by atoms with Gasteiger partial charge in [-0.25, -0.2) is 9.97 Å². The lowest BCUT2D eigenvalue weighted by Gasteiger charge is -2.10. The van der Waals surface area contributed by atoms with Crippen LogP contribution in [0.4, 0.5) is 0 Å². The molecule has 0 aromatic carbocycles. The van der Waals surface area contributed by atoms with Gasteiger partial charge in [0.2, 0.25) is 5.88 Å². The Morgan fingerprint density at radius 3 is 2.84 bits per heavy atom. The van der Waals surface area contributed by atoms with Gasteiger partial charge in [-0.2, -0.15) is 5.26 Å². The second-order valence-electron chi connectivity index (χ2n) is 5.37. The number of hydrogen-bond acceptors (Lipinski definition) is 5. The molecule has 0 spiro atoms. The lowest BCUT2D eigenvalue weighted by Crippen LogP contribution is -1.95. The predicted octanol–water partition coefficient (Wildman–Crippen LogP) is 3.34. The van der Waals surface area contributed by atoms with Crippen LogP contribution in [0.15, 0.2) is 61.1 Å². The first-order valence-electron chi connectivity index (χ1n) is 7.64. The Morgan fingerprint density at radius 1 is 1.08 bits per heavy atom. The van der Waals surface area contributed by atoms with Crippen LogP contribution < -0.4 is 4.74 Å². The number of rotatable bonds is 3. The highest BCUT2D eigenvalue weighted by Gasteiger charge is 2.12. The maximum Gasteiger partial charge on any atom is 0.213 e. The van der Waals surface area contributed by atoms with Crippen molar-refractivity contribution in [2.45, 2.75) is 0 Å². The Morgan fingerprint density at radius 2 is 2.00 bits per heavy atom. The molecule has 0 aliphatic rings. The van der Waals surface area contributed by atoms with Crippen LogP contribution >= 0.6 is 0 Å². The molecule has 0 radical (unpaired) electrons. The van der Waals surface area contributed by atoms with Crippen molar-refractivity contribution in [3.05, 3.63) is 66.7 Å². The Balaban J connectivity index is 1.90. The van der Waals surface area contributed by atoms with Crippen LogP contribution in [0.2, 0.25) is 0 Å². The number of hydrogen-bond donors (Lipinski definition) is 0. The summed E-state index contributed by atoms with van der Waals surface area (Å²) >= 11 is 0. The highest BCUT2D eigenvalue weighted by atomic mass is 16.5. The van der Waals surface area contributed by atoms with Crippen molar-refractivity contribution in [2.75, 3.05) is 7.11 Å². The molecule has 0 amide bonds. The Labute approximate surface area is 144 Å². The topological polar surface area (TPSA) is 76.1 Å². The molecule has 0 saturated carbocycles. The first-order chi connectivity index (χ1) is 12.3. The fraction of sp³-hybridized carbons (Fsp3) is 0.0526. The molecule has 4 aromatic rings. The van der Waals surface area contributed by atoms with Crippen LogP contribution in [-0.4, -0.2) is 26.5 Å². The van der Waals surface area contributed by atoms with Gasteiger partial charge in [-0.05, 0) is 24.3 Å². The SMILES string of the molecule is COc1cccc(-c2ncccc2-c2ccc3ncc(C#N)n3c2)n1. The molecule has 0 aliphatic carbocycles. The molecule has 0 unspecified atom stereocenters. The zero-order chi connectivity index (χ0) is 17.2. The fourth-order valence-electron chi connectivity index (χ4n) is 2.73. The summed E-state index contributed by atoms with van der Waals surface area (Å²) in [5.74, 6) is 0.533. The van der Waals surface area contributed by atoms with Gasteiger partial charge in [-0.15, -0.1) is 0 Å². The average Bonchev–Trinajstić information content (AvgIpc) is 3.10. The minimum atomic E-state index is 0.488. The van der Waals surface area contributed by atoms with Crippen molar-refractivity contribution in [1.29, 1.82) is 5.26 Å². The molecule has 6 nitrogen and oxygen atoms in total. The van der Waals surface area contributed by atoms with Gasteiger partial charge in [0.25, 0.3) is 0 Å². The van der Waals surface area contributed by atoms with E-state index in [0.717, 1.165) is 28.2 Å². The van der Waals surface area contributed by atoms with Crippen molar-refractivity contribution in [3.8, 4) is 34.5 Å². The van der Waals surface area contributed by atoms with Gasteiger partial charge in [-0.3, -0.25) is 9.38 Å². The number of aromatic nitrogens is 4.